The summed E-state index contributed by atoms with van der Waals surface area (Å²) in [6.45, 7) is 8.02. The van der Waals surface area contributed by atoms with Gasteiger partial charge in [0.25, 0.3) is 0 Å². The Kier molecular flexibility index (Phi) is 6.37. The minimum atomic E-state index is 0.712. The highest BCUT2D eigenvalue weighted by Crippen LogP contribution is 2.19. The van der Waals surface area contributed by atoms with Crippen molar-refractivity contribution in [3.63, 3.8) is 0 Å². The molecule has 0 bridgehead atoms. The minimum Gasteiger partial charge on any atom is -0.441 e. The lowest BCUT2D eigenvalue weighted by atomic mass is 10.3. The highest BCUT2D eigenvalue weighted by molar-refractivity contribution is 6.30. The van der Waals surface area contributed by atoms with Crippen LogP contribution in [0.25, 0.3) is 0 Å². The Bertz CT molecular complexity index is 405. The molecule has 98 valence electrons. The average Bonchev–Trinajstić information content (AvgIpc) is 2.39. The van der Waals surface area contributed by atoms with Crippen LogP contribution in [-0.2, 0) is 0 Å². The van der Waals surface area contributed by atoms with Crippen LogP contribution >= 0.6 is 11.6 Å². The van der Waals surface area contributed by atoms with Crippen LogP contribution in [0, 0.1) is 0 Å². The van der Waals surface area contributed by atoms with Gasteiger partial charge in [-0.05, 0) is 51.1 Å². The first kappa shape index (κ1) is 14.7. The molecule has 0 fully saturated rings. The zero-order valence-electron chi connectivity index (χ0n) is 11.2. The van der Waals surface area contributed by atoms with Crippen LogP contribution in [-0.4, -0.2) is 18.0 Å². The molecule has 0 radical (unpaired) electrons. The van der Waals surface area contributed by atoms with Crippen LogP contribution in [0.1, 0.15) is 20.8 Å². The topological polar surface area (TPSA) is 12.5 Å². The Morgan fingerprint density at radius 2 is 1.83 bits per heavy atom. The monoisotopic (exact) mass is 265 g/mol. The van der Waals surface area contributed by atoms with Crippen LogP contribution < -0.4 is 4.74 Å². The van der Waals surface area contributed by atoms with Gasteiger partial charge in [-0.15, -0.1) is 0 Å². The fourth-order valence-electron chi connectivity index (χ4n) is 1.54. The number of benzene rings is 1. The van der Waals surface area contributed by atoms with Crippen molar-refractivity contribution in [2.45, 2.75) is 20.8 Å². The molecular formula is C15H20ClNO. The van der Waals surface area contributed by atoms with Crippen LogP contribution in [0.2, 0.25) is 5.02 Å². The van der Waals surface area contributed by atoms with E-state index in [-0.39, 0.29) is 0 Å². The molecule has 3 heteroatoms. The van der Waals surface area contributed by atoms with Gasteiger partial charge in [0.05, 0.1) is 0 Å². The van der Waals surface area contributed by atoms with Crippen molar-refractivity contribution >= 4 is 11.6 Å². The standard InChI is InChI=1S/C15H20ClNO/c1-4-7-8-15(17(5-2)6-3)18-14-11-9-13(16)10-12-14/h4,7-12H,5-6H2,1-3H3/b7-4+,15-8-. The minimum absolute atomic E-state index is 0.712. The number of halogens is 1. The molecule has 18 heavy (non-hydrogen) atoms. The largest absolute Gasteiger partial charge is 0.441 e. The SMILES string of the molecule is C/C=C/C=C(\Oc1ccc(Cl)cc1)N(CC)CC. The predicted molar refractivity (Wildman–Crippen MR) is 77.9 cm³/mol. The van der Waals surface area contributed by atoms with Gasteiger partial charge in [-0.1, -0.05) is 23.8 Å². The molecule has 1 rings (SSSR count). The van der Waals surface area contributed by atoms with Crippen molar-refractivity contribution in [2.24, 2.45) is 0 Å². The average molecular weight is 266 g/mol. The van der Waals surface area contributed by atoms with Gasteiger partial charge in [0, 0.05) is 18.1 Å². The summed E-state index contributed by atoms with van der Waals surface area (Å²) in [5, 5.41) is 0.712. The highest BCUT2D eigenvalue weighted by atomic mass is 35.5. The molecule has 0 spiro atoms. The van der Waals surface area contributed by atoms with Crippen LogP contribution in [0.5, 0.6) is 5.75 Å². The van der Waals surface area contributed by atoms with Gasteiger partial charge in [0.1, 0.15) is 5.75 Å². The van der Waals surface area contributed by atoms with E-state index in [1.807, 2.05) is 49.4 Å². The van der Waals surface area contributed by atoms with E-state index in [2.05, 4.69) is 18.7 Å². The Balaban J connectivity index is 2.87. The fourth-order valence-corrected chi connectivity index (χ4v) is 1.67. The van der Waals surface area contributed by atoms with E-state index in [9.17, 15) is 0 Å². The smallest absolute Gasteiger partial charge is 0.195 e. The summed E-state index contributed by atoms with van der Waals surface area (Å²) in [7, 11) is 0. The van der Waals surface area contributed by atoms with E-state index < -0.39 is 0 Å². The summed E-state index contributed by atoms with van der Waals surface area (Å²) in [4.78, 5) is 2.16. The third kappa shape index (κ3) is 4.46. The van der Waals surface area contributed by atoms with Crippen LogP contribution in [0.3, 0.4) is 0 Å². The van der Waals surface area contributed by atoms with E-state index in [1.165, 1.54) is 0 Å². The molecule has 2 nitrogen and oxygen atoms in total. The number of ether oxygens (including phenoxy) is 1. The Morgan fingerprint density at radius 3 is 2.33 bits per heavy atom. The lowest BCUT2D eigenvalue weighted by Gasteiger charge is -2.23. The van der Waals surface area contributed by atoms with Gasteiger partial charge in [-0.2, -0.15) is 0 Å². The maximum atomic E-state index is 5.89. The third-order valence-electron chi connectivity index (χ3n) is 2.54. The number of hydrogen-bond acceptors (Lipinski definition) is 2. The summed E-state index contributed by atoms with van der Waals surface area (Å²) in [6, 6.07) is 7.39. The molecule has 1 aromatic rings. The highest BCUT2D eigenvalue weighted by Gasteiger charge is 2.07. The summed E-state index contributed by atoms with van der Waals surface area (Å²) in [6.07, 6.45) is 5.93. The van der Waals surface area contributed by atoms with Crippen LogP contribution in [0.4, 0.5) is 0 Å². The van der Waals surface area contributed by atoms with Gasteiger partial charge >= 0.3 is 0 Å². The molecule has 0 aliphatic heterocycles. The van der Waals surface area contributed by atoms with E-state index in [4.69, 9.17) is 16.3 Å². The molecule has 0 atom stereocenters. The summed E-state index contributed by atoms with van der Waals surface area (Å²) in [5.74, 6) is 1.64. The number of allylic oxidation sites excluding steroid dienone is 3. The zero-order chi connectivity index (χ0) is 13.4. The van der Waals surface area contributed by atoms with Crippen molar-refractivity contribution in [1.29, 1.82) is 0 Å². The first-order valence-electron chi connectivity index (χ1n) is 6.22. The lowest BCUT2D eigenvalue weighted by Crippen LogP contribution is -2.25. The molecule has 0 aromatic heterocycles. The summed E-state index contributed by atoms with van der Waals surface area (Å²) >= 11 is 5.86. The molecular weight excluding hydrogens is 246 g/mol. The maximum absolute atomic E-state index is 5.89. The van der Waals surface area contributed by atoms with Crippen molar-refractivity contribution in [3.8, 4) is 5.75 Å². The second kappa shape index (κ2) is 7.83. The lowest BCUT2D eigenvalue weighted by molar-refractivity contribution is 0.231. The molecule has 0 aliphatic rings. The Morgan fingerprint density at radius 1 is 1.22 bits per heavy atom. The molecule has 0 heterocycles. The van der Waals surface area contributed by atoms with Gasteiger partial charge in [0.15, 0.2) is 5.88 Å². The zero-order valence-corrected chi connectivity index (χ0v) is 11.9. The molecule has 0 saturated carbocycles. The Labute approximate surface area is 115 Å². The molecule has 0 N–H and O–H groups in total. The molecule has 0 saturated heterocycles. The van der Waals surface area contributed by atoms with Crippen molar-refractivity contribution in [2.75, 3.05) is 13.1 Å². The second-order valence-electron chi connectivity index (χ2n) is 3.76. The van der Waals surface area contributed by atoms with Gasteiger partial charge in [-0.3, -0.25) is 0 Å². The first-order chi connectivity index (χ1) is 8.71. The second-order valence-corrected chi connectivity index (χ2v) is 4.20. The predicted octanol–water partition coefficient (Wildman–Crippen LogP) is 4.48. The fraction of sp³-hybridized carbons (Fsp3) is 0.333. The van der Waals surface area contributed by atoms with Crippen LogP contribution in [0.15, 0.2) is 48.4 Å². The molecule has 1 aromatic carbocycles. The normalized spacial score (nSPS) is 11.9. The number of nitrogens with zero attached hydrogens (tertiary/aromatic N) is 1. The molecule has 0 amide bonds. The van der Waals surface area contributed by atoms with E-state index in [0.717, 1.165) is 24.7 Å². The quantitative estimate of drug-likeness (QED) is 0.555. The van der Waals surface area contributed by atoms with E-state index in [1.54, 1.807) is 0 Å². The Hall–Kier alpha value is -1.41. The van der Waals surface area contributed by atoms with E-state index in [0.29, 0.717) is 5.02 Å². The molecule has 0 unspecified atom stereocenters. The first-order valence-corrected chi connectivity index (χ1v) is 6.60. The van der Waals surface area contributed by atoms with Gasteiger partial charge in [0.2, 0.25) is 0 Å². The number of hydrogen-bond donors (Lipinski definition) is 0. The summed E-state index contributed by atoms with van der Waals surface area (Å²) in [5.41, 5.74) is 0. The van der Waals surface area contributed by atoms with Gasteiger partial charge < -0.3 is 9.64 Å². The van der Waals surface area contributed by atoms with E-state index >= 15 is 0 Å². The van der Waals surface area contributed by atoms with Crippen molar-refractivity contribution in [1.82, 2.24) is 4.90 Å². The molecule has 0 aliphatic carbocycles. The van der Waals surface area contributed by atoms with Crippen molar-refractivity contribution in [3.05, 3.63) is 53.4 Å². The maximum Gasteiger partial charge on any atom is 0.195 e. The van der Waals surface area contributed by atoms with Gasteiger partial charge in [-0.25, -0.2) is 0 Å². The summed E-state index contributed by atoms with van der Waals surface area (Å²) < 4.78 is 5.89. The third-order valence-corrected chi connectivity index (χ3v) is 2.79. The van der Waals surface area contributed by atoms with Crippen molar-refractivity contribution < 1.29 is 4.74 Å². The number of rotatable bonds is 6.